The van der Waals surface area contributed by atoms with E-state index < -0.39 is 0 Å². The number of rotatable bonds is 10. The Morgan fingerprint density at radius 3 is 2.19 bits per heavy atom. The van der Waals surface area contributed by atoms with Crippen LogP contribution in [0, 0.1) is 17.8 Å². The number of hydrogen-bond acceptors (Lipinski definition) is 2. The Labute approximate surface area is 102 Å². The highest BCUT2D eigenvalue weighted by Crippen LogP contribution is 2.22. The molecular formula is C14H31NO. The van der Waals surface area contributed by atoms with Crippen molar-refractivity contribution in [3.63, 3.8) is 0 Å². The summed E-state index contributed by atoms with van der Waals surface area (Å²) in [5.41, 5.74) is 5.42. The van der Waals surface area contributed by atoms with E-state index in [1.807, 2.05) is 0 Å². The number of unbranched alkanes of at least 4 members (excludes halogenated alkanes) is 1. The lowest BCUT2D eigenvalue weighted by atomic mass is 9.86. The van der Waals surface area contributed by atoms with E-state index in [-0.39, 0.29) is 0 Å². The van der Waals surface area contributed by atoms with Gasteiger partial charge in [-0.25, -0.2) is 0 Å². The van der Waals surface area contributed by atoms with Gasteiger partial charge >= 0.3 is 0 Å². The zero-order valence-corrected chi connectivity index (χ0v) is 11.7. The molecule has 0 heterocycles. The summed E-state index contributed by atoms with van der Waals surface area (Å²) >= 11 is 0. The van der Waals surface area contributed by atoms with Crippen LogP contribution in [0.15, 0.2) is 0 Å². The van der Waals surface area contributed by atoms with Gasteiger partial charge in [0.2, 0.25) is 0 Å². The van der Waals surface area contributed by atoms with E-state index in [4.69, 9.17) is 10.5 Å². The maximum Gasteiger partial charge on any atom is 0.0468 e. The van der Waals surface area contributed by atoms with Crippen LogP contribution in [-0.4, -0.2) is 19.8 Å². The molecule has 98 valence electrons. The van der Waals surface area contributed by atoms with Crippen LogP contribution in [-0.2, 0) is 4.74 Å². The van der Waals surface area contributed by atoms with Crippen molar-refractivity contribution in [2.24, 2.45) is 23.5 Å². The highest BCUT2D eigenvalue weighted by atomic mass is 16.5. The van der Waals surface area contributed by atoms with Gasteiger partial charge in [-0.2, -0.15) is 0 Å². The average molecular weight is 229 g/mol. The summed E-state index contributed by atoms with van der Waals surface area (Å²) in [6.45, 7) is 11.9. The molecule has 2 unspecified atom stereocenters. The minimum absolute atomic E-state index is 0.775. The molecule has 0 bridgehead atoms. The van der Waals surface area contributed by atoms with Crippen molar-refractivity contribution in [2.45, 2.75) is 53.4 Å². The molecule has 2 nitrogen and oxygen atoms in total. The molecule has 0 amide bonds. The van der Waals surface area contributed by atoms with Crippen molar-refractivity contribution >= 4 is 0 Å². The molecular weight excluding hydrogens is 198 g/mol. The van der Waals surface area contributed by atoms with Gasteiger partial charge in [0, 0.05) is 13.2 Å². The highest BCUT2D eigenvalue weighted by Gasteiger charge is 2.13. The molecule has 0 aromatic heterocycles. The summed E-state index contributed by atoms with van der Waals surface area (Å²) in [5, 5.41) is 0. The van der Waals surface area contributed by atoms with Gasteiger partial charge in [-0.3, -0.25) is 0 Å². The van der Waals surface area contributed by atoms with Crippen LogP contribution in [0.2, 0.25) is 0 Å². The molecule has 0 aromatic rings. The molecule has 2 atom stereocenters. The summed E-state index contributed by atoms with van der Waals surface area (Å²) in [5.74, 6) is 2.40. The van der Waals surface area contributed by atoms with Crippen molar-refractivity contribution in [3.8, 4) is 0 Å². The molecule has 0 aromatic carbocycles. The minimum atomic E-state index is 0.775. The van der Waals surface area contributed by atoms with Crippen molar-refractivity contribution < 1.29 is 4.74 Å². The van der Waals surface area contributed by atoms with Crippen LogP contribution in [0.5, 0.6) is 0 Å². The number of ether oxygens (including phenoxy) is 1. The van der Waals surface area contributed by atoms with E-state index in [1.165, 1.54) is 12.8 Å². The van der Waals surface area contributed by atoms with Crippen molar-refractivity contribution in [1.82, 2.24) is 0 Å². The summed E-state index contributed by atoms with van der Waals surface area (Å²) in [6, 6.07) is 0. The van der Waals surface area contributed by atoms with Gasteiger partial charge < -0.3 is 10.5 Å². The van der Waals surface area contributed by atoms with Gasteiger partial charge in [0.25, 0.3) is 0 Å². The van der Waals surface area contributed by atoms with Crippen LogP contribution in [0.4, 0.5) is 0 Å². The van der Waals surface area contributed by atoms with Crippen LogP contribution in [0.1, 0.15) is 53.4 Å². The summed E-state index contributed by atoms with van der Waals surface area (Å²) in [6.07, 6.45) is 4.70. The van der Waals surface area contributed by atoms with E-state index in [0.717, 1.165) is 50.4 Å². The Morgan fingerprint density at radius 1 is 0.938 bits per heavy atom. The van der Waals surface area contributed by atoms with Gasteiger partial charge in [0.15, 0.2) is 0 Å². The first kappa shape index (κ1) is 15.9. The molecule has 16 heavy (non-hydrogen) atoms. The van der Waals surface area contributed by atoms with Crippen LogP contribution < -0.4 is 5.73 Å². The molecule has 0 fully saturated rings. The first-order chi connectivity index (χ1) is 7.57. The van der Waals surface area contributed by atoms with Crippen LogP contribution >= 0.6 is 0 Å². The van der Waals surface area contributed by atoms with E-state index in [9.17, 15) is 0 Å². The van der Waals surface area contributed by atoms with Gasteiger partial charge in [0.05, 0.1) is 0 Å². The van der Waals surface area contributed by atoms with E-state index in [0.29, 0.717) is 0 Å². The fraction of sp³-hybridized carbons (Fsp3) is 1.00. The second-order valence-corrected chi connectivity index (χ2v) is 5.48. The van der Waals surface area contributed by atoms with E-state index in [1.54, 1.807) is 0 Å². The monoisotopic (exact) mass is 229 g/mol. The Morgan fingerprint density at radius 2 is 1.62 bits per heavy atom. The van der Waals surface area contributed by atoms with E-state index in [2.05, 4.69) is 27.7 Å². The molecule has 0 saturated heterocycles. The van der Waals surface area contributed by atoms with Gasteiger partial charge in [-0.05, 0) is 50.0 Å². The third-order valence-corrected chi connectivity index (χ3v) is 3.27. The fourth-order valence-electron chi connectivity index (χ4n) is 1.98. The standard InChI is InChI=1S/C14H31NO/c1-12(2)11-14(4)13(3)7-10-16-9-6-5-8-15/h12-14H,5-11,15H2,1-4H3. The molecule has 0 spiro atoms. The second-order valence-electron chi connectivity index (χ2n) is 5.48. The lowest BCUT2D eigenvalue weighted by molar-refractivity contribution is 0.109. The fourth-order valence-corrected chi connectivity index (χ4v) is 1.98. The predicted octanol–water partition coefficient (Wildman–Crippen LogP) is 3.45. The first-order valence-corrected chi connectivity index (χ1v) is 6.85. The molecule has 0 radical (unpaired) electrons. The Hall–Kier alpha value is -0.0800. The lowest BCUT2D eigenvalue weighted by Gasteiger charge is -2.21. The van der Waals surface area contributed by atoms with Crippen LogP contribution in [0.3, 0.4) is 0 Å². The highest BCUT2D eigenvalue weighted by molar-refractivity contribution is 4.63. The topological polar surface area (TPSA) is 35.2 Å². The van der Waals surface area contributed by atoms with Crippen molar-refractivity contribution in [2.75, 3.05) is 19.8 Å². The summed E-state index contributed by atoms with van der Waals surface area (Å²) in [4.78, 5) is 0. The second kappa shape index (κ2) is 10.1. The SMILES string of the molecule is CC(C)CC(C)C(C)CCOCCCCN. The Balaban J connectivity index is 3.38. The maximum absolute atomic E-state index is 5.61. The zero-order valence-electron chi connectivity index (χ0n) is 11.7. The largest absolute Gasteiger partial charge is 0.381 e. The summed E-state index contributed by atoms with van der Waals surface area (Å²) in [7, 11) is 0. The molecule has 2 heteroatoms. The van der Waals surface area contributed by atoms with Crippen molar-refractivity contribution in [3.05, 3.63) is 0 Å². The normalized spacial score (nSPS) is 15.4. The lowest BCUT2D eigenvalue weighted by Crippen LogP contribution is -2.13. The van der Waals surface area contributed by atoms with E-state index >= 15 is 0 Å². The number of hydrogen-bond donors (Lipinski definition) is 1. The molecule has 2 N–H and O–H groups in total. The molecule has 0 rings (SSSR count). The maximum atomic E-state index is 5.61. The quantitative estimate of drug-likeness (QED) is 0.582. The Bertz CT molecular complexity index is 148. The third kappa shape index (κ3) is 9.17. The number of nitrogens with two attached hydrogens (primary N) is 1. The zero-order chi connectivity index (χ0) is 12.4. The van der Waals surface area contributed by atoms with Gasteiger partial charge in [-0.15, -0.1) is 0 Å². The van der Waals surface area contributed by atoms with Crippen LogP contribution in [0.25, 0.3) is 0 Å². The first-order valence-electron chi connectivity index (χ1n) is 6.85. The van der Waals surface area contributed by atoms with Crippen molar-refractivity contribution in [1.29, 1.82) is 0 Å². The average Bonchev–Trinajstić information content (AvgIpc) is 2.21. The molecule has 0 aliphatic carbocycles. The minimum Gasteiger partial charge on any atom is -0.381 e. The Kier molecular flexibility index (Phi) is 10.0. The third-order valence-electron chi connectivity index (χ3n) is 3.27. The molecule has 0 saturated carbocycles. The smallest absolute Gasteiger partial charge is 0.0468 e. The summed E-state index contributed by atoms with van der Waals surface area (Å²) < 4.78 is 5.61. The van der Waals surface area contributed by atoms with Gasteiger partial charge in [-0.1, -0.05) is 27.7 Å². The molecule has 0 aliphatic heterocycles. The molecule has 0 aliphatic rings. The predicted molar refractivity (Wildman–Crippen MR) is 71.5 cm³/mol. The van der Waals surface area contributed by atoms with Gasteiger partial charge in [0.1, 0.15) is 0 Å².